The van der Waals surface area contributed by atoms with Crippen LogP contribution in [0.15, 0.2) is 47.6 Å². The number of rotatable bonds is 7. The summed E-state index contributed by atoms with van der Waals surface area (Å²) in [6.07, 6.45) is 0. The normalized spacial score (nSPS) is 10.8. The molecule has 2 N–H and O–H groups in total. The average molecular weight is 359 g/mol. The zero-order chi connectivity index (χ0) is 17.6. The van der Waals surface area contributed by atoms with E-state index in [0.29, 0.717) is 17.3 Å². The number of nitrogens with zero attached hydrogens (tertiary/aromatic N) is 1. The number of ether oxygens (including phenoxy) is 1. The number of aromatic nitrogens is 2. The van der Waals surface area contributed by atoms with E-state index in [4.69, 9.17) is 4.74 Å². The molecule has 0 saturated heterocycles. The van der Waals surface area contributed by atoms with E-state index in [0.717, 1.165) is 16.8 Å². The lowest BCUT2D eigenvalue weighted by molar-refractivity contribution is -0.118. The lowest BCUT2D eigenvalue weighted by Crippen LogP contribution is -2.25. The number of H-pyrrole nitrogens is 1. The zero-order valence-corrected chi connectivity index (χ0v) is 14.5. The van der Waals surface area contributed by atoms with E-state index >= 15 is 0 Å². The van der Waals surface area contributed by atoms with Gasteiger partial charge in [0.15, 0.2) is 5.16 Å². The molecule has 0 unspecified atom stereocenters. The second-order valence-electron chi connectivity index (χ2n) is 5.31. The number of fused-ring (bicyclic) bond motifs is 1. The van der Waals surface area contributed by atoms with Crippen molar-refractivity contribution in [1.82, 2.24) is 15.3 Å². The predicted octanol–water partition coefficient (Wildman–Crippen LogP) is 3.51. The van der Waals surface area contributed by atoms with Gasteiger partial charge in [-0.2, -0.15) is 0 Å². The van der Waals surface area contributed by atoms with E-state index in [-0.39, 0.29) is 24.0 Å². The fourth-order valence-corrected chi connectivity index (χ4v) is 3.03. The first-order chi connectivity index (χ1) is 12.2. The molecule has 7 heteroatoms. The van der Waals surface area contributed by atoms with Crippen molar-refractivity contribution in [3.63, 3.8) is 0 Å². The lowest BCUT2D eigenvalue weighted by Gasteiger charge is -2.05. The Hall–Kier alpha value is -2.54. The number of amides is 1. The maximum absolute atomic E-state index is 13.5. The van der Waals surface area contributed by atoms with Crippen LogP contribution in [0.1, 0.15) is 12.5 Å². The Labute approximate surface area is 149 Å². The van der Waals surface area contributed by atoms with Crippen molar-refractivity contribution in [3.05, 3.63) is 53.8 Å². The summed E-state index contributed by atoms with van der Waals surface area (Å²) in [5.41, 5.74) is 2.14. The Bertz CT molecular complexity index is 882. The molecule has 25 heavy (non-hydrogen) atoms. The van der Waals surface area contributed by atoms with Crippen LogP contribution in [0.5, 0.6) is 5.75 Å². The molecule has 2 aromatic carbocycles. The standard InChI is InChI=1S/C18H18FN3O2S/c1-2-24-13-7-8-15-16(9-13)22-18(21-15)25-11-17(23)20-10-12-5-3-4-6-14(12)19/h3-9H,2,10-11H2,1H3,(H,20,23)(H,21,22). The Morgan fingerprint density at radius 3 is 2.96 bits per heavy atom. The van der Waals surface area contributed by atoms with Crippen LogP contribution >= 0.6 is 11.8 Å². The van der Waals surface area contributed by atoms with Gasteiger partial charge in [0.05, 0.1) is 23.4 Å². The zero-order valence-electron chi connectivity index (χ0n) is 13.7. The summed E-state index contributed by atoms with van der Waals surface area (Å²) in [5.74, 6) is 0.478. The number of carbonyl (C=O) groups excluding carboxylic acids is 1. The fourth-order valence-electron chi connectivity index (χ4n) is 2.31. The molecule has 0 aliphatic rings. The van der Waals surface area contributed by atoms with Crippen molar-refractivity contribution < 1.29 is 13.9 Å². The van der Waals surface area contributed by atoms with Gasteiger partial charge in [-0.1, -0.05) is 30.0 Å². The third kappa shape index (κ3) is 4.51. The van der Waals surface area contributed by atoms with Crippen molar-refractivity contribution in [2.24, 2.45) is 0 Å². The van der Waals surface area contributed by atoms with E-state index in [1.807, 2.05) is 25.1 Å². The molecule has 3 rings (SSSR count). The summed E-state index contributed by atoms with van der Waals surface area (Å²) < 4.78 is 19.0. The van der Waals surface area contributed by atoms with Crippen molar-refractivity contribution in [2.75, 3.05) is 12.4 Å². The molecule has 1 heterocycles. The van der Waals surface area contributed by atoms with Gasteiger partial charge in [-0.3, -0.25) is 4.79 Å². The summed E-state index contributed by atoms with van der Waals surface area (Å²) in [4.78, 5) is 19.5. The molecule has 3 aromatic rings. The number of aromatic amines is 1. The molecule has 0 fully saturated rings. The monoisotopic (exact) mass is 359 g/mol. The molecule has 0 aliphatic carbocycles. The number of halogens is 1. The third-order valence-electron chi connectivity index (χ3n) is 3.52. The Morgan fingerprint density at radius 2 is 2.16 bits per heavy atom. The number of nitrogens with one attached hydrogen (secondary N) is 2. The van der Waals surface area contributed by atoms with Gasteiger partial charge in [0.2, 0.25) is 5.91 Å². The molecule has 1 aromatic heterocycles. The van der Waals surface area contributed by atoms with Gasteiger partial charge in [-0.15, -0.1) is 0 Å². The summed E-state index contributed by atoms with van der Waals surface area (Å²) in [6.45, 7) is 2.70. The minimum absolute atomic E-state index is 0.171. The van der Waals surface area contributed by atoms with Gasteiger partial charge >= 0.3 is 0 Å². The summed E-state index contributed by atoms with van der Waals surface area (Å²) in [7, 11) is 0. The second kappa shape index (κ2) is 8.02. The van der Waals surface area contributed by atoms with Gasteiger partial charge in [-0.25, -0.2) is 9.37 Å². The van der Waals surface area contributed by atoms with E-state index in [1.54, 1.807) is 18.2 Å². The van der Waals surface area contributed by atoms with E-state index in [1.165, 1.54) is 17.8 Å². The van der Waals surface area contributed by atoms with Crippen LogP contribution in [0.25, 0.3) is 11.0 Å². The minimum atomic E-state index is -0.321. The van der Waals surface area contributed by atoms with Crippen LogP contribution < -0.4 is 10.1 Å². The third-order valence-corrected chi connectivity index (χ3v) is 4.39. The van der Waals surface area contributed by atoms with Crippen LogP contribution in [0, 0.1) is 5.82 Å². The first kappa shape index (κ1) is 17.3. The molecule has 0 bridgehead atoms. The smallest absolute Gasteiger partial charge is 0.230 e. The molecule has 0 saturated carbocycles. The molecule has 130 valence electrons. The molecule has 0 radical (unpaired) electrons. The largest absolute Gasteiger partial charge is 0.494 e. The summed E-state index contributed by atoms with van der Waals surface area (Å²) in [6, 6.07) is 12.0. The Balaban J connectivity index is 1.55. The van der Waals surface area contributed by atoms with Crippen LogP contribution in [0.3, 0.4) is 0 Å². The van der Waals surface area contributed by atoms with Crippen molar-refractivity contribution in [1.29, 1.82) is 0 Å². The van der Waals surface area contributed by atoms with Gasteiger partial charge < -0.3 is 15.0 Å². The number of hydrogen-bond acceptors (Lipinski definition) is 4. The van der Waals surface area contributed by atoms with Crippen LogP contribution in [-0.4, -0.2) is 28.2 Å². The molecule has 0 spiro atoms. The number of hydrogen-bond donors (Lipinski definition) is 2. The SMILES string of the molecule is CCOc1ccc2nc(SCC(=O)NCc3ccccc3F)[nH]c2c1. The van der Waals surface area contributed by atoms with Gasteiger partial charge in [0.25, 0.3) is 0 Å². The number of imidazole rings is 1. The highest BCUT2D eigenvalue weighted by Crippen LogP contribution is 2.23. The highest BCUT2D eigenvalue weighted by molar-refractivity contribution is 7.99. The predicted molar refractivity (Wildman–Crippen MR) is 96.2 cm³/mol. The Kier molecular flexibility index (Phi) is 5.55. The van der Waals surface area contributed by atoms with Crippen molar-refractivity contribution >= 4 is 28.7 Å². The summed E-state index contributed by atoms with van der Waals surface area (Å²) >= 11 is 1.30. The van der Waals surface area contributed by atoms with Crippen molar-refractivity contribution in [2.45, 2.75) is 18.6 Å². The average Bonchev–Trinajstić information content (AvgIpc) is 3.02. The first-order valence-corrected chi connectivity index (χ1v) is 8.89. The molecule has 5 nitrogen and oxygen atoms in total. The van der Waals surface area contributed by atoms with Gasteiger partial charge in [-0.05, 0) is 25.1 Å². The highest BCUT2D eigenvalue weighted by Gasteiger charge is 2.09. The van der Waals surface area contributed by atoms with Crippen molar-refractivity contribution in [3.8, 4) is 5.75 Å². The molecule has 0 atom stereocenters. The first-order valence-electron chi connectivity index (χ1n) is 7.91. The van der Waals surface area contributed by atoms with Crippen LogP contribution in [0.2, 0.25) is 0 Å². The molecule has 1 amide bonds. The Morgan fingerprint density at radius 1 is 1.32 bits per heavy atom. The van der Waals surface area contributed by atoms with Gasteiger partial charge in [0.1, 0.15) is 11.6 Å². The molecular weight excluding hydrogens is 341 g/mol. The fraction of sp³-hybridized carbons (Fsp3) is 0.222. The highest BCUT2D eigenvalue weighted by atomic mass is 32.2. The number of thioether (sulfide) groups is 1. The quantitative estimate of drug-likeness (QED) is 0.634. The van der Waals surface area contributed by atoms with Crippen LogP contribution in [-0.2, 0) is 11.3 Å². The van der Waals surface area contributed by atoms with E-state index in [9.17, 15) is 9.18 Å². The summed E-state index contributed by atoms with van der Waals surface area (Å²) in [5, 5.41) is 3.37. The second-order valence-corrected chi connectivity index (χ2v) is 6.27. The van der Waals surface area contributed by atoms with E-state index in [2.05, 4.69) is 15.3 Å². The van der Waals surface area contributed by atoms with Gasteiger partial charge in [0, 0.05) is 18.2 Å². The molecular formula is C18H18FN3O2S. The van der Waals surface area contributed by atoms with E-state index < -0.39 is 0 Å². The number of carbonyl (C=O) groups is 1. The lowest BCUT2D eigenvalue weighted by atomic mass is 10.2. The number of benzene rings is 2. The minimum Gasteiger partial charge on any atom is -0.494 e. The molecule has 0 aliphatic heterocycles. The topological polar surface area (TPSA) is 67.0 Å². The maximum atomic E-state index is 13.5. The van der Waals surface area contributed by atoms with Crippen LogP contribution in [0.4, 0.5) is 4.39 Å². The maximum Gasteiger partial charge on any atom is 0.230 e.